The number of rotatable bonds is 5. The second kappa shape index (κ2) is 7.22. The molecule has 0 bridgehead atoms. The zero-order chi connectivity index (χ0) is 15.4. The van der Waals surface area contributed by atoms with Crippen molar-refractivity contribution in [2.24, 2.45) is 11.7 Å². The molecule has 1 aliphatic rings. The summed E-state index contributed by atoms with van der Waals surface area (Å²) in [6.07, 6.45) is 8.13. The van der Waals surface area contributed by atoms with Crippen LogP contribution >= 0.6 is 15.9 Å². The zero-order valence-corrected chi connectivity index (χ0v) is 14.1. The first-order chi connectivity index (χ1) is 10.1. The van der Waals surface area contributed by atoms with E-state index in [1.54, 1.807) is 12.3 Å². The predicted molar refractivity (Wildman–Crippen MR) is 89.6 cm³/mol. The molecule has 1 aromatic heterocycles. The normalized spacial score (nSPS) is 22.0. The van der Waals surface area contributed by atoms with Crippen LogP contribution in [0.3, 0.4) is 0 Å². The molecule has 2 rings (SSSR count). The topological polar surface area (TPSA) is 64.2 Å². The zero-order valence-electron chi connectivity index (χ0n) is 12.5. The lowest BCUT2D eigenvalue weighted by atomic mass is 9.83. The lowest BCUT2D eigenvalue weighted by Crippen LogP contribution is -2.44. The number of halogens is 1. The summed E-state index contributed by atoms with van der Waals surface area (Å²) in [5.41, 5.74) is 6.62. The van der Waals surface area contributed by atoms with Crippen molar-refractivity contribution in [1.82, 2.24) is 9.78 Å². The monoisotopic (exact) mass is 354 g/mol. The summed E-state index contributed by atoms with van der Waals surface area (Å²) in [5.74, 6) is 0.478. The van der Waals surface area contributed by atoms with Crippen molar-refractivity contribution in [3.05, 3.63) is 33.7 Å². The Kier molecular flexibility index (Phi) is 5.58. The number of allylic oxidation sites excluding steroid dienone is 1. The molecule has 0 saturated heterocycles. The van der Waals surface area contributed by atoms with Gasteiger partial charge in [-0.25, -0.2) is 4.68 Å². The molecule has 5 nitrogen and oxygen atoms in total. The first-order valence-electron chi connectivity index (χ1n) is 7.39. The van der Waals surface area contributed by atoms with Crippen molar-refractivity contribution in [3.8, 4) is 0 Å². The van der Waals surface area contributed by atoms with E-state index >= 15 is 0 Å². The second-order valence-corrected chi connectivity index (χ2v) is 6.37. The molecule has 0 spiro atoms. The van der Waals surface area contributed by atoms with E-state index in [1.165, 1.54) is 17.5 Å². The molecule has 1 aliphatic carbocycles. The van der Waals surface area contributed by atoms with Gasteiger partial charge in [-0.1, -0.05) is 18.9 Å². The Morgan fingerprint density at radius 2 is 2.29 bits per heavy atom. The fraction of sp³-hybridized carbons (Fsp3) is 0.600. The number of anilines is 1. The minimum Gasteiger partial charge on any atom is -0.369 e. The van der Waals surface area contributed by atoms with Gasteiger partial charge in [0, 0.05) is 13.1 Å². The third kappa shape index (κ3) is 3.37. The van der Waals surface area contributed by atoms with Crippen LogP contribution in [0.5, 0.6) is 0 Å². The van der Waals surface area contributed by atoms with E-state index in [9.17, 15) is 4.79 Å². The minimum atomic E-state index is -0.126. The van der Waals surface area contributed by atoms with Gasteiger partial charge < -0.3 is 10.6 Å². The summed E-state index contributed by atoms with van der Waals surface area (Å²) in [4.78, 5) is 14.4. The van der Waals surface area contributed by atoms with E-state index in [4.69, 9.17) is 5.73 Å². The Morgan fingerprint density at radius 1 is 1.57 bits per heavy atom. The van der Waals surface area contributed by atoms with Crippen LogP contribution in [0.1, 0.15) is 25.7 Å². The van der Waals surface area contributed by atoms with Crippen molar-refractivity contribution in [2.75, 3.05) is 18.5 Å². The van der Waals surface area contributed by atoms with Crippen molar-refractivity contribution in [2.45, 2.75) is 38.3 Å². The molecular formula is C15H23BrN4O. The molecule has 1 saturated carbocycles. The summed E-state index contributed by atoms with van der Waals surface area (Å²) in [6, 6.07) is 0.372. The Hall–Kier alpha value is -1.14. The van der Waals surface area contributed by atoms with E-state index in [2.05, 4.69) is 32.5 Å². The van der Waals surface area contributed by atoms with Crippen molar-refractivity contribution >= 4 is 21.6 Å². The third-order valence-corrected chi connectivity index (χ3v) is 5.06. The highest BCUT2D eigenvalue weighted by molar-refractivity contribution is 9.10. The first-order valence-corrected chi connectivity index (χ1v) is 8.18. The van der Waals surface area contributed by atoms with Crippen LogP contribution in [0.2, 0.25) is 0 Å². The van der Waals surface area contributed by atoms with Gasteiger partial charge in [0.25, 0.3) is 5.56 Å². The van der Waals surface area contributed by atoms with Gasteiger partial charge in [-0.2, -0.15) is 5.10 Å². The number of aromatic nitrogens is 2. The maximum atomic E-state index is 12.3. The van der Waals surface area contributed by atoms with Crippen LogP contribution < -0.4 is 16.2 Å². The molecule has 116 valence electrons. The molecule has 1 fully saturated rings. The van der Waals surface area contributed by atoms with Crippen molar-refractivity contribution in [3.63, 3.8) is 0 Å². The number of hydrogen-bond acceptors (Lipinski definition) is 4. The fourth-order valence-corrected chi connectivity index (χ4v) is 3.69. The SMILES string of the molecule is C=CCn1ncc(N(C)C2CCCCC2CN)c(Br)c1=O. The Labute approximate surface area is 133 Å². The van der Waals surface area contributed by atoms with Gasteiger partial charge in [-0.05, 0) is 41.2 Å². The smallest absolute Gasteiger partial charge is 0.283 e. The Morgan fingerprint density at radius 3 is 2.95 bits per heavy atom. The van der Waals surface area contributed by atoms with Crippen LogP contribution in [0, 0.1) is 5.92 Å². The summed E-state index contributed by atoms with van der Waals surface area (Å²) in [7, 11) is 2.03. The molecule has 0 radical (unpaired) electrons. The van der Waals surface area contributed by atoms with E-state index in [0.717, 1.165) is 18.5 Å². The average molecular weight is 355 g/mol. The molecule has 6 heteroatoms. The molecule has 21 heavy (non-hydrogen) atoms. The Bertz CT molecular complexity index is 557. The van der Waals surface area contributed by atoms with Crippen LogP contribution in [0.15, 0.2) is 28.1 Å². The standard InChI is InChI=1S/C15H23BrN4O/c1-3-8-20-15(21)14(16)13(10-18-20)19(2)12-7-5-4-6-11(12)9-17/h3,10-12H,1,4-9,17H2,2H3. The molecule has 0 aliphatic heterocycles. The largest absolute Gasteiger partial charge is 0.369 e. The van der Waals surface area contributed by atoms with Crippen LogP contribution in [-0.4, -0.2) is 29.4 Å². The summed E-state index contributed by atoms with van der Waals surface area (Å²) in [5, 5.41) is 4.23. The quantitative estimate of drug-likeness (QED) is 0.822. The highest BCUT2D eigenvalue weighted by Gasteiger charge is 2.29. The lowest BCUT2D eigenvalue weighted by Gasteiger charge is -2.39. The van der Waals surface area contributed by atoms with Crippen LogP contribution in [-0.2, 0) is 6.54 Å². The molecule has 1 heterocycles. The van der Waals surface area contributed by atoms with Crippen molar-refractivity contribution < 1.29 is 0 Å². The molecule has 2 atom stereocenters. The number of hydrogen-bond donors (Lipinski definition) is 1. The molecule has 1 aromatic rings. The average Bonchev–Trinajstić information content (AvgIpc) is 2.51. The first kappa shape index (κ1) is 16.2. The Balaban J connectivity index is 2.30. The van der Waals surface area contributed by atoms with Crippen LogP contribution in [0.4, 0.5) is 5.69 Å². The van der Waals surface area contributed by atoms with Gasteiger partial charge in [0.05, 0.1) is 18.4 Å². The highest BCUT2D eigenvalue weighted by Crippen LogP contribution is 2.32. The predicted octanol–water partition coefficient (Wildman–Crippen LogP) is 2.15. The van der Waals surface area contributed by atoms with Crippen LogP contribution in [0.25, 0.3) is 0 Å². The van der Waals surface area contributed by atoms with E-state index in [0.29, 0.717) is 29.5 Å². The molecule has 0 amide bonds. The molecular weight excluding hydrogens is 332 g/mol. The van der Waals surface area contributed by atoms with Gasteiger partial charge in [-0.3, -0.25) is 4.79 Å². The van der Waals surface area contributed by atoms with Gasteiger partial charge in [0.1, 0.15) is 4.47 Å². The number of nitrogens with two attached hydrogens (primary N) is 1. The minimum absolute atomic E-state index is 0.126. The van der Waals surface area contributed by atoms with E-state index in [1.807, 2.05) is 7.05 Å². The second-order valence-electron chi connectivity index (χ2n) is 5.58. The van der Waals surface area contributed by atoms with E-state index in [-0.39, 0.29) is 5.56 Å². The third-order valence-electron chi connectivity index (χ3n) is 4.32. The lowest BCUT2D eigenvalue weighted by molar-refractivity contribution is 0.306. The fourth-order valence-electron chi connectivity index (χ4n) is 3.11. The van der Waals surface area contributed by atoms with Gasteiger partial charge in [0.2, 0.25) is 0 Å². The van der Waals surface area contributed by atoms with Crippen molar-refractivity contribution in [1.29, 1.82) is 0 Å². The molecule has 2 N–H and O–H groups in total. The summed E-state index contributed by atoms with van der Waals surface area (Å²) in [6.45, 7) is 4.74. The van der Waals surface area contributed by atoms with Gasteiger partial charge >= 0.3 is 0 Å². The maximum Gasteiger partial charge on any atom is 0.283 e. The number of nitrogens with zero attached hydrogens (tertiary/aromatic N) is 3. The molecule has 2 unspecified atom stereocenters. The maximum absolute atomic E-state index is 12.3. The van der Waals surface area contributed by atoms with E-state index < -0.39 is 0 Å². The van der Waals surface area contributed by atoms with Gasteiger partial charge in [0.15, 0.2) is 0 Å². The molecule has 0 aromatic carbocycles. The highest BCUT2D eigenvalue weighted by atomic mass is 79.9. The summed E-state index contributed by atoms with van der Waals surface area (Å²) < 4.78 is 1.96. The summed E-state index contributed by atoms with van der Waals surface area (Å²) >= 11 is 3.43. The van der Waals surface area contributed by atoms with Gasteiger partial charge in [-0.15, -0.1) is 6.58 Å².